The standard InChI is InChI=1S/C28H30N6O6/c35-23(13-31-27(39)21-3-1-9-29-21)33-15-5-7-17-19(11-15)25(37)18-8-6-16(12-20(18)26(17)38)34-24(36)14-32-28(40)22-4-2-10-30-22/h5-8,11-12,21-22,29-30H,1-4,9-10,13-14H2,(H,31,39)(H,32,40)(H,33,35)(H,34,36)/t21-,22-/m0/s1. The highest BCUT2D eigenvalue weighted by molar-refractivity contribution is 6.29. The molecule has 0 bridgehead atoms. The summed E-state index contributed by atoms with van der Waals surface area (Å²) in [7, 11) is 0. The first kappa shape index (κ1) is 27.2. The smallest absolute Gasteiger partial charge is 0.243 e. The van der Waals surface area contributed by atoms with Gasteiger partial charge in [-0.15, -0.1) is 0 Å². The second kappa shape index (κ2) is 11.8. The predicted molar refractivity (Wildman–Crippen MR) is 145 cm³/mol. The summed E-state index contributed by atoms with van der Waals surface area (Å²) in [5, 5.41) is 16.6. The highest BCUT2D eigenvalue weighted by Crippen LogP contribution is 2.31. The van der Waals surface area contributed by atoms with Gasteiger partial charge in [-0.25, -0.2) is 0 Å². The molecule has 12 heteroatoms. The van der Waals surface area contributed by atoms with Crippen LogP contribution in [0.2, 0.25) is 0 Å². The van der Waals surface area contributed by atoms with Crippen molar-refractivity contribution < 1.29 is 28.8 Å². The van der Waals surface area contributed by atoms with E-state index < -0.39 is 23.4 Å². The Bertz CT molecular complexity index is 1290. The van der Waals surface area contributed by atoms with Gasteiger partial charge in [0.1, 0.15) is 0 Å². The molecule has 208 valence electrons. The minimum Gasteiger partial charge on any atom is -0.346 e. The van der Waals surface area contributed by atoms with Gasteiger partial charge in [-0.05, 0) is 75.2 Å². The fraction of sp³-hybridized carbons (Fsp3) is 0.357. The van der Waals surface area contributed by atoms with Gasteiger partial charge in [-0.1, -0.05) is 0 Å². The third-order valence-corrected chi connectivity index (χ3v) is 7.19. The Morgan fingerprint density at radius 1 is 0.650 bits per heavy atom. The Kier molecular flexibility index (Phi) is 7.99. The van der Waals surface area contributed by atoms with Gasteiger partial charge in [-0.2, -0.15) is 0 Å². The Morgan fingerprint density at radius 3 is 1.45 bits per heavy atom. The van der Waals surface area contributed by atoms with Gasteiger partial charge in [0.15, 0.2) is 11.6 Å². The number of nitrogens with one attached hydrogen (secondary N) is 6. The molecule has 0 unspecified atom stereocenters. The quantitative estimate of drug-likeness (QED) is 0.230. The minimum atomic E-state index is -0.461. The lowest BCUT2D eigenvalue weighted by molar-refractivity contribution is -0.125. The van der Waals surface area contributed by atoms with Crippen LogP contribution in [0.1, 0.15) is 57.5 Å². The van der Waals surface area contributed by atoms with E-state index in [0.29, 0.717) is 11.4 Å². The zero-order valence-corrected chi connectivity index (χ0v) is 21.7. The van der Waals surface area contributed by atoms with Crippen LogP contribution in [0.25, 0.3) is 0 Å². The second-order valence-corrected chi connectivity index (χ2v) is 10.0. The normalized spacial score (nSPS) is 19.4. The predicted octanol–water partition coefficient (Wildman–Crippen LogP) is 0.0754. The van der Waals surface area contributed by atoms with Crippen molar-refractivity contribution in [3.8, 4) is 0 Å². The molecule has 3 aliphatic rings. The molecule has 12 nitrogen and oxygen atoms in total. The summed E-state index contributed by atoms with van der Waals surface area (Å²) < 4.78 is 0. The number of carbonyl (C=O) groups excluding carboxylic acids is 6. The monoisotopic (exact) mass is 546 g/mol. The van der Waals surface area contributed by atoms with Crippen molar-refractivity contribution in [3.63, 3.8) is 0 Å². The Morgan fingerprint density at radius 2 is 1.07 bits per heavy atom. The molecule has 0 saturated carbocycles. The number of fused-ring (bicyclic) bond motifs is 2. The van der Waals surface area contributed by atoms with E-state index in [9.17, 15) is 28.8 Å². The zero-order chi connectivity index (χ0) is 28.2. The summed E-state index contributed by atoms with van der Waals surface area (Å²) in [6.07, 6.45) is 3.26. The molecule has 1 aliphatic carbocycles. The third kappa shape index (κ3) is 5.92. The molecular weight excluding hydrogens is 516 g/mol. The fourth-order valence-corrected chi connectivity index (χ4v) is 5.11. The number of ketones is 2. The molecule has 4 amide bonds. The molecule has 2 aromatic carbocycles. The SMILES string of the molecule is O=C(CNC(=O)[C@@H]1CCCN1)Nc1ccc2c(c1)C(=O)c1ccc(NC(=O)CNC(=O)[C@@H]3CCCN3)cc1C2=O. The Hall–Kier alpha value is -4.42. The number of hydrogen-bond acceptors (Lipinski definition) is 8. The fourth-order valence-electron chi connectivity index (χ4n) is 5.11. The molecular formula is C28H30N6O6. The molecule has 2 fully saturated rings. The van der Waals surface area contributed by atoms with E-state index in [1.807, 2.05) is 0 Å². The van der Waals surface area contributed by atoms with E-state index in [-0.39, 0.29) is 59.2 Å². The van der Waals surface area contributed by atoms with E-state index in [1.54, 1.807) is 0 Å². The van der Waals surface area contributed by atoms with E-state index in [0.717, 1.165) is 38.8 Å². The molecule has 5 rings (SSSR count). The maximum atomic E-state index is 13.2. The summed E-state index contributed by atoms with van der Waals surface area (Å²) in [5.41, 5.74) is 1.29. The second-order valence-electron chi connectivity index (χ2n) is 10.0. The highest BCUT2D eigenvalue weighted by Gasteiger charge is 2.31. The molecule has 2 atom stereocenters. The number of amides is 4. The first-order chi connectivity index (χ1) is 19.3. The first-order valence-electron chi connectivity index (χ1n) is 13.3. The van der Waals surface area contributed by atoms with Crippen LogP contribution in [0, 0.1) is 0 Å². The lowest BCUT2D eigenvalue weighted by Gasteiger charge is -2.19. The van der Waals surface area contributed by atoms with Crippen LogP contribution in [0.4, 0.5) is 11.4 Å². The van der Waals surface area contributed by atoms with Crippen LogP contribution >= 0.6 is 0 Å². The average Bonchev–Trinajstić information content (AvgIpc) is 3.69. The minimum absolute atomic E-state index is 0.148. The summed E-state index contributed by atoms with van der Waals surface area (Å²) in [6.45, 7) is 1.09. The highest BCUT2D eigenvalue weighted by atomic mass is 16.2. The summed E-state index contributed by atoms with van der Waals surface area (Å²) in [6, 6.07) is 8.24. The van der Waals surface area contributed by atoms with Crippen LogP contribution < -0.4 is 31.9 Å². The van der Waals surface area contributed by atoms with Gasteiger partial charge in [0.25, 0.3) is 0 Å². The first-order valence-corrected chi connectivity index (χ1v) is 13.3. The Balaban J connectivity index is 1.20. The number of carbonyl (C=O) groups is 6. The average molecular weight is 547 g/mol. The van der Waals surface area contributed by atoms with Gasteiger partial charge in [0, 0.05) is 33.6 Å². The van der Waals surface area contributed by atoms with Crippen LogP contribution in [-0.2, 0) is 19.2 Å². The number of hydrogen-bond donors (Lipinski definition) is 6. The van der Waals surface area contributed by atoms with Gasteiger partial charge in [-0.3, -0.25) is 28.8 Å². The van der Waals surface area contributed by atoms with Gasteiger partial charge in [0.05, 0.1) is 25.2 Å². The zero-order valence-electron chi connectivity index (χ0n) is 21.7. The van der Waals surface area contributed by atoms with Gasteiger partial charge >= 0.3 is 0 Å². The topological polar surface area (TPSA) is 175 Å². The summed E-state index contributed by atoms with van der Waals surface area (Å²) in [5.74, 6) is -2.19. The number of rotatable bonds is 8. The van der Waals surface area contributed by atoms with Crippen molar-refractivity contribution in [2.45, 2.75) is 37.8 Å². The van der Waals surface area contributed by atoms with Crippen LogP contribution in [0.5, 0.6) is 0 Å². The molecule has 40 heavy (non-hydrogen) atoms. The van der Waals surface area contributed by atoms with E-state index in [4.69, 9.17) is 0 Å². The van der Waals surface area contributed by atoms with Crippen molar-refractivity contribution in [1.29, 1.82) is 0 Å². The molecule has 2 saturated heterocycles. The van der Waals surface area contributed by atoms with E-state index >= 15 is 0 Å². The van der Waals surface area contributed by atoms with Crippen molar-refractivity contribution in [2.75, 3.05) is 36.8 Å². The van der Waals surface area contributed by atoms with Crippen molar-refractivity contribution in [1.82, 2.24) is 21.3 Å². The third-order valence-electron chi connectivity index (χ3n) is 7.19. The summed E-state index contributed by atoms with van der Waals surface area (Å²) in [4.78, 5) is 75.4. The van der Waals surface area contributed by atoms with Crippen molar-refractivity contribution >= 4 is 46.6 Å². The van der Waals surface area contributed by atoms with Crippen LogP contribution in [0.3, 0.4) is 0 Å². The molecule has 6 N–H and O–H groups in total. The molecule has 0 radical (unpaired) electrons. The van der Waals surface area contributed by atoms with Crippen LogP contribution in [0.15, 0.2) is 36.4 Å². The molecule has 0 aromatic heterocycles. The van der Waals surface area contributed by atoms with E-state index in [2.05, 4.69) is 31.9 Å². The van der Waals surface area contributed by atoms with Crippen molar-refractivity contribution in [2.24, 2.45) is 0 Å². The molecule has 2 aliphatic heterocycles. The summed E-state index contributed by atoms with van der Waals surface area (Å²) >= 11 is 0. The molecule has 0 spiro atoms. The largest absolute Gasteiger partial charge is 0.346 e. The van der Waals surface area contributed by atoms with E-state index in [1.165, 1.54) is 36.4 Å². The number of anilines is 2. The lowest BCUT2D eigenvalue weighted by atomic mass is 9.83. The maximum Gasteiger partial charge on any atom is 0.243 e. The Labute approximate surface area is 230 Å². The lowest BCUT2D eigenvalue weighted by Crippen LogP contribution is -2.43. The van der Waals surface area contributed by atoms with Gasteiger partial charge in [0.2, 0.25) is 23.6 Å². The molecule has 2 heterocycles. The van der Waals surface area contributed by atoms with Crippen molar-refractivity contribution in [3.05, 3.63) is 58.7 Å². The number of benzene rings is 2. The maximum absolute atomic E-state index is 13.2. The van der Waals surface area contributed by atoms with Gasteiger partial charge < -0.3 is 31.9 Å². The molecule has 2 aromatic rings. The van der Waals surface area contributed by atoms with Crippen LogP contribution in [-0.4, -0.2) is 73.5 Å².